The minimum atomic E-state index is -0.793. The summed E-state index contributed by atoms with van der Waals surface area (Å²) in [7, 11) is 0. The lowest BCUT2D eigenvalue weighted by molar-refractivity contribution is -0.143. The molecule has 1 aromatic rings. The highest BCUT2D eigenvalue weighted by Crippen LogP contribution is 2.37. The van der Waals surface area contributed by atoms with Crippen molar-refractivity contribution in [3.05, 3.63) is 12.4 Å². The van der Waals surface area contributed by atoms with Crippen molar-refractivity contribution in [1.82, 2.24) is 9.97 Å². The maximum Gasteiger partial charge on any atom is 0.329 e. The number of rotatable bonds is 5. The van der Waals surface area contributed by atoms with Gasteiger partial charge < -0.3 is 10.0 Å². The molecule has 0 spiro atoms. The summed E-state index contributed by atoms with van der Waals surface area (Å²) < 4.78 is 0. The van der Waals surface area contributed by atoms with Gasteiger partial charge in [-0.2, -0.15) is 0 Å². The molecular formula is C13H19N3O2S. The van der Waals surface area contributed by atoms with E-state index in [1.807, 2.05) is 24.1 Å². The van der Waals surface area contributed by atoms with Crippen LogP contribution in [0.25, 0.3) is 0 Å². The smallest absolute Gasteiger partial charge is 0.329 e. The molecule has 2 rings (SSSR count). The van der Waals surface area contributed by atoms with Crippen molar-refractivity contribution in [3.63, 3.8) is 0 Å². The number of nitrogens with zero attached hydrogens (tertiary/aromatic N) is 3. The van der Waals surface area contributed by atoms with E-state index in [9.17, 15) is 9.90 Å². The molecule has 1 atom stereocenters. The Morgan fingerprint density at radius 1 is 1.58 bits per heavy atom. The summed E-state index contributed by atoms with van der Waals surface area (Å²) in [5, 5.41) is 10.5. The topological polar surface area (TPSA) is 66.3 Å². The number of thioether (sulfide) groups is 1. The molecule has 0 aromatic carbocycles. The Morgan fingerprint density at radius 2 is 2.37 bits per heavy atom. The predicted octanol–water partition coefficient (Wildman–Crippen LogP) is 2.42. The van der Waals surface area contributed by atoms with E-state index in [2.05, 4.69) is 9.97 Å². The van der Waals surface area contributed by atoms with Crippen LogP contribution in [0.4, 0.5) is 5.82 Å². The molecule has 6 heteroatoms. The van der Waals surface area contributed by atoms with Crippen molar-refractivity contribution in [3.8, 4) is 0 Å². The highest BCUT2D eigenvalue weighted by Gasteiger charge is 2.47. The third-order valence-electron chi connectivity index (χ3n) is 3.66. The molecule has 0 aliphatic carbocycles. The van der Waals surface area contributed by atoms with Gasteiger partial charge in [-0.05, 0) is 25.5 Å². The van der Waals surface area contributed by atoms with Gasteiger partial charge in [0.05, 0.1) is 0 Å². The van der Waals surface area contributed by atoms with Crippen LogP contribution < -0.4 is 4.90 Å². The number of hydrogen-bond donors (Lipinski definition) is 1. The Morgan fingerprint density at radius 3 is 3.00 bits per heavy atom. The van der Waals surface area contributed by atoms with Crippen LogP contribution in [-0.4, -0.2) is 39.4 Å². The first-order chi connectivity index (χ1) is 9.14. The summed E-state index contributed by atoms with van der Waals surface area (Å²) in [6.07, 6.45) is 6.55. The van der Waals surface area contributed by atoms with E-state index in [0.29, 0.717) is 12.8 Å². The Labute approximate surface area is 117 Å². The van der Waals surface area contributed by atoms with E-state index < -0.39 is 11.5 Å². The molecule has 0 radical (unpaired) electrons. The zero-order valence-electron chi connectivity index (χ0n) is 11.3. The van der Waals surface area contributed by atoms with Gasteiger partial charge in [-0.1, -0.05) is 13.3 Å². The number of carboxylic acids is 1. The van der Waals surface area contributed by atoms with E-state index in [1.54, 1.807) is 0 Å². The minimum Gasteiger partial charge on any atom is -0.479 e. The van der Waals surface area contributed by atoms with Crippen LogP contribution in [-0.2, 0) is 4.79 Å². The zero-order valence-corrected chi connectivity index (χ0v) is 12.1. The second-order valence-corrected chi connectivity index (χ2v) is 5.59. The number of aliphatic carboxylic acids is 1. The lowest BCUT2D eigenvalue weighted by atomic mass is 9.90. The van der Waals surface area contributed by atoms with Gasteiger partial charge in [0.2, 0.25) is 0 Å². The SMILES string of the molecule is CCCC1(C(=O)O)CCCN1c1cc(SC)ncn1. The zero-order chi connectivity index (χ0) is 13.9. The molecule has 1 saturated heterocycles. The highest BCUT2D eigenvalue weighted by atomic mass is 32.2. The molecule has 1 aliphatic rings. The molecule has 0 bridgehead atoms. The normalized spacial score (nSPS) is 22.7. The maximum atomic E-state index is 11.8. The molecule has 104 valence electrons. The Hall–Kier alpha value is -1.30. The van der Waals surface area contributed by atoms with Crippen LogP contribution in [0.2, 0.25) is 0 Å². The summed E-state index contributed by atoms with van der Waals surface area (Å²) >= 11 is 1.54. The first kappa shape index (κ1) is 14.1. The number of carboxylic acid groups (broad SMARTS) is 1. The fraction of sp³-hybridized carbons (Fsp3) is 0.615. The number of aromatic nitrogens is 2. The van der Waals surface area contributed by atoms with Crippen LogP contribution in [0, 0.1) is 0 Å². The van der Waals surface area contributed by atoms with Crippen molar-refractivity contribution < 1.29 is 9.90 Å². The van der Waals surface area contributed by atoms with Crippen molar-refractivity contribution in [2.45, 2.75) is 43.2 Å². The molecule has 2 heterocycles. The van der Waals surface area contributed by atoms with Crippen LogP contribution in [0.15, 0.2) is 17.4 Å². The van der Waals surface area contributed by atoms with E-state index in [0.717, 1.165) is 30.2 Å². The molecular weight excluding hydrogens is 262 g/mol. The molecule has 1 aliphatic heterocycles. The molecule has 1 N–H and O–H groups in total. The second-order valence-electron chi connectivity index (χ2n) is 4.76. The molecule has 19 heavy (non-hydrogen) atoms. The van der Waals surface area contributed by atoms with Gasteiger partial charge >= 0.3 is 5.97 Å². The van der Waals surface area contributed by atoms with Gasteiger partial charge in [0, 0.05) is 12.6 Å². The van der Waals surface area contributed by atoms with Crippen molar-refractivity contribution >= 4 is 23.5 Å². The van der Waals surface area contributed by atoms with E-state index >= 15 is 0 Å². The lowest BCUT2D eigenvalue weighted by Gasteiger charge is -2.35. The van der Waals surface area contributed by atoms with Gasteiger partial charge in [-0.3, -0.25) is 0 Å². The van der Waals surface area contributed by atoms with Crippen LogP contribution in [0.1, 0.15) is 32.6 Å². The van der Waals surface area contributed by atoms with E-state index in [1.165, 1.54) is 18.1 Å². The first-order valence-electron chi connectivity index (χ1n) is 6.51. The Kier molecular flexibility index (Phi) is 4.29. The van der Waals surface area contributed by atoms with Crippen molar-refractivity contribution in [1.29, 1.82) is 0 Å². The maximum absolute atomic E-state index is 11.8. The average Bonchev–Trinajstić information content (AvgIpc) is 2.84. The number of anilines is 1. The Bertz CT molecular complexity index is 469. The standard InChI is InChI=1S/C13H19N3O2S/c1-3-5-13(12(17)18)6-4-7-16(13)10-8-11(19-2)15-9-14-10/h8-9H,3-7H2,1-2H3,(H,17,18). The fourth-order valence-corrected chi connectivity index (χ4v) is 3.18. The number of hydrogen-bond acceptors (Lipinski definition) is 5. The first-order valence-corrected chi connectivity index (χ1v) is 7.73. The minimum absolute atomic E-state index is 0.654. The summed E-state index contributed by atoms with van der Waals surface area (Å²) in [6, 6.07) is 1.88. The predicted molar refractivity (Wildman–Crippen MR) is 75.7 cm³/mol. The molecule has 0 amide bonds. The molecule has 1 unspecified atom stereocenters. The summed E-state index contributed by atoms with van der Waals surface area (Å²) in [5.74, 6) is -0.0103. The lowest BCUT2D eigenvalue weighted by Crippen LogP contribution is -2.51. The highest BCUT2D eigenvalue weighted by molar-refractivity contribution is 7.98. The molecule has 5 nitrogen and oxygen atoms in total. The second kappa shape index (κ2) is 5.77. The monoisotopic (exact) mass is 281 g/mol. The van der Waals surface area contributed by atoms with Crippen LogP contribution in [0.3, 0.4) is 0 Å². The summed E-state index contributed by atoms with van der Waals surface area (Å²) in [4.78, 5) is 22.1. The molecule has 0 saturated carbocycles. The summed E-state index contributed by atoms with van der Waals surface area (Å²) in [6.45, 7) is 2.77. The molecule has 1 aromatic heterocycles. The fourth-order valence-electron chi connectivity index (χ4n) is 2.80. The Balaban J connectivity index is 2.38. The van der Waals surface area contributed by atoms with Gasteiger partial charge in [-0.25, -0.2) is 14.8 Å². The van der Waals surface area contributed by atoms with Crippen molar-refractivity contribution in [2.75, 3.05) is 17.7 Å². The quantitative estimate of drug-likeness (QED) is 0.660. The largest absolute Gasteiger partial charge is 0.479 e. The van der Waals surface area contributed by atoms with Crippen LogP contribution in [0.5, 0.6) is 0 Å². The third kappa shape index (κ3) is 2.54. The summed E-state index contributed by atoms with van der Waals surface area (Å²) in [5.41, 5.74) is -0.793. The van der Waals surface area contributed by atoms with Crippen LogP contribution >= 0.6 is 11.8 Å². The van der Waals surface area contributed by atoms with Gasteiger partial charge in [-0.15, -0.1) is 11.8 Å². The number of carbonyl (C=O) groups is 1. The van der Waals surface area contributed by atoms with Gasteiger partial charge in [0.15, 0.2) is 0 Å². The average molecular weight is 281 g/mol. The van der Waals surface area contributed by atoms with E-state index in [-0.39, 0.29) is 0 Å². The van der Waals surface area contributed by atoms with Crippen molar-refractivity contribution in [2.24, 2.45) is 0 Å². The molecule has 1 fully saturated rings. The van der Waals surface area contributed by atoms with Gasteiger partial charge in [0.1, 0.15) is 22.7 Å². The third-order valence-corrected chi connectivity index (χ3v) is 4.31. The van der Waals surface area contributed by atoms with Gasteiger partial charge in [0.25, 0.3) is 0 Å². The van der Waals surface area contributed by atoms with E-state index in [4.69, 9.17) is 0 Å².